The number of fused-ring (bicyclic) bond motifs is 1. The van der Waals surface area contributed by atoms with E-state index in [2.05, 4.69) is 36.4 Å². The fourth-order valence-electron chi connectivity index (χ4n) is 1.32. The van der Waals surface area contributed by atoms with Crippen molar-refractivity contribution in [3.8, 4) is 0 Å². The molecule has 13 heavy (non-hydrogen) atoms. The van der Waals surface area contributed by atoms with Crippen molar-refractivity contribution in [2.45, 2.75) is 12.2 Å². The second-order valence-corrected chi connectivity index (χ2v) is 5.56. The van der Waals surface area contributed by atoms with Gasteiger partial charge in [0.1, 0.15) is 0 Å². The molecule has 0 aliphatic carbocycles. The maximum absolute atomic E-state index is 2.28. The lowest BCUT2D eigenvalue weighted by Gasteiger charge is -2.02. The Hall–Kier alpha value is -0.340. The predicted molar refractivity (Wildman–Crippen MR) is 63.8 cm³/mol. The molecule has 0 atom stereocenters. The van der Waals surface area contributed by atoms with E-state index < -0.39 is 0 Å². The number of hydrogen-bond acceptors (Lipinski definition) is 2. The molecule has 2 heteroatoms. The summed E-state index contributed by atoms with van der Waals surface area (Å²) in [7, 11) is 3.93. The van der Waals surface area contributed by atoms with Crippen LogP contribution in [-0.2, 0) is 5.75 Å². The lowest BCUT2D eigenvalue weighted by atomic mass is 10.1. The lowest BCUT2D eigenvalue weighted by molar-refractivity contribution is 1.26. The topological polar surface area (TPSA) is 0 Å². The third kappa shape index (κ3) is 2.55. The van der Waals surface area contributed by atoms with Gasteiger partial charge in [-0.2, -0.15) is 0 Å². The van der Waals surface area contributed by atoms with Crippen LogP contribution in [0.15, 0.2) is 30.3 Å². The third-order valence-electron chi connectivity index (χ3n) is 2.02. The van der Waals surface area contributed by atoms with Crippen LogP contribution in [-0.4, -0.2) is 5.75 Å². The minimum absolute atomic E-state index is 1.13. The average molecular weight is 208 g/mol. The monoisotopic (exact) mass is 208 g/mol. The van der Waals surface area contributed by atoms with Crippen LogP contribution >= 0.6 is 21.6 Å². The van der Waals surface area contributed by atoms with E-state index >= 15 is 0 Å². The van der Waals surface area contributed by atoms with Crippen LogP contribution in [0.2, 0.25) is 0 Å². The molecule has 0 spiro atoms. The molecular formula is C11H12S2. The van der Waals surface area contributed by atoms with Gasteiger partial charge in [0.05, 0.1) is 0 Å². The summed E-state index contributed by atoms with van der Waals surface area (Å²) < 4.78 is 0. The third-order valence-corrected chi connectivity index (χ3v) is 4.37. The molecular weight excluding hydrogens is 196 g/mol. The molecule has 1 aromatic rings. The first-order valence-electron chi connectivity index (χ1n) is 4.46. The van der Waals surface area contributed by atoms with Gasteiger partial charge >= 0.3 is 0 Å². The van der Waals surface area contributed by atoms with Crippen LogP contribution in [0, 0.1) is 0 Å². The van der Waals surface area contributed by atoms with E-state index in [4.69, 9.17) is 0 Å². The van der Waals surface area contributed by atoms with E-state index in [1.54, 1.807) is 0 Å². The molecule has 1 aromatic carbocycles. The predicted octanol–water partition coefficient (Wildman–Crippen LogP) is 3.98. The number of allylic oxidation sites excluding steroid dienone is 1. The lowest BCUT2D eigenvalue weighted by Crippen LogP contribution is -1.83. The molecule has 0 aromatic heterocycles. The Balaban J connectivity index is 2.28. The Kier molecular flexibility index (Phi) is 3.39. The first kappa shape index (κ1) is 9.22. The number of hydrogen-bond donors (Lipinski definition) is 0. The van der Waals surface area contributed by atoms with Crippen molar-refractivity contribution in [1.29, 1.82) is 0 Å². The van der Waals surface area contributed by atoms with Crippen molar-refractivity contribution in [1.82, 2.24) is 0 Å². The van der Waals surface area contributed by atoms with E-state index in [1.807, 2.05) is 21.6 Å². The minimum atomic E-state index is 1.13. The van der Waals surface area contributed by atoms with E-state index in [9.17, 15) is 0 Å². The molecule has 0 N–H and O–H groups in total. The van der Waals surface area contributed by atoms with Crippen molar-refractivity contribution in [3.63, 3.8) is 0 Å². The Morgan fingerprint density at radius 2 is 2.00 bits per heavy atom. The van der Waals surface area contributed by atoms with Gasteiger partial charge in [-0.1, -0.05) is 58.0 Å². The summed E-state index contributed by atoms with van der Waals surface area (Å²) in [6.45, 7) is 0. The molecule has 0 bridgehead atoms. The molecule has 2 rings (SSSR count). The van der Waals surface area contributed by atoms with Gasteiger partial charge in [-0.05, 0) is 17.5 Å². The summed E-state index contributed by atoms with van der Waals surface area (Å²) >= 11 is 0. The summed E-state index contributed by atoms with van der Waals surface area (Å²) in [5.41, 5.74) is 2.84. The van der Waals surface area contributed by atoms with Crippen LogP contribution in [0.3, 0.4) is 0 Å². The highest BCUT2D eigenvalue weighted by Crippen LogP contribution is 2.29. The van der Waals surface area contributed by atoms with Crippen molar-refractivity contribution in [2.24, 2.45) is 0 Å². The summed E-state index contributed by atoms with van der Waals surface area (Å²) in [5.74, 6) is 2.36. The van der Waals surface area contributed by atoms with E-state index in [-0.39, 0.29) is 0 Å². The normalized spacial score (nSPS) is 16.9. The van der Waals surface area contributed by atoms with Gasteiger partial charge in [0, 0.05) is 11.5 Å². The molecule has 0 unspecified atom stereocenters. The fourth-order valence-corrected chi connectivity index (χ4v) is 3.42. The van der Waals surface area contributed by atoms with Crippen molar-refractivity contribution >= 4 is 27.7 Å². The minimum Gasteiger partial charge on any atom is -0.0935 e. The maximum atomic E-state index is 2.28. The zero-order chi connectivity index (χ0) is 8.93. The van der Waals surface area contributed by atoms with Gasteiger partial charge in [-0.3, -0.25) is 0 Å². The molecule has 0 fully saturated rings. The van der Waals surface area contributed by atoms with Crippen LogP contribution in [0.1, 0.15) is 17.5 Å². The van der Waals surface area contributed by atoms with Crippen LogP contribution in [0.5, 0.6) is 0 Å². The smallest absolute Gasteiger partial charge is 0.0294 e. The molecule has 0 amide bonds. The molecule has 0 radical (unpaired) electrons. The molecule has 0 nitrogen and oxygen atoms in total. The zero-order valence-electron chi connectivity index (χ0n) is 7.40. The van der Waals surface area contributed by atoms with Gasteiger partial charge in [-0.25, -0.2) is 0 Å². The molecule has 1 aliphatic heterocycles. The van der Waals surface area contributed by atoms with Gasteiger partial charge in [-0.15, -0.1) is 0 Å². The Morgan fingerprint density at radius 3 is 3.00 bits per heavy atom. The van der Waals surface area contributed by atoms with E-state index in [0.29, 0.717) is 0 Å². The molecule has 1 aliphatic rings. The van der Waals surface area contributed by atoms with Crippen molar-refractivity contribution in [3.05, 3.63) is 41.5 Å². The highest BCUT2D eigenvalue weighted by Gasteiger charge is 2.00. The number of rotatable bonds is 0. The Bertz CT molecular complexity index is 305. The number of benzene rings is 1. The van der Waals surface area contributed by atoms with E-state index in [1.165, 1.54) is 23.3 Å². The first-order valence-corrected chi connectivity index (χ1v) is 6.94. The highest BCUT2D eigenvalue weighted by molar-refractivity contribution is 8.76. The van der Waals surface area contributed by atoms with Crippen LogP contribution in [0.4, 0.5) is 0 Å². The van der Waals surface area contributed by atoms with Crippen molar-refractivity contribution in [2.75, 3.05) is 5.75 Å². The van der Waals surface area contributed by atoms with Gasteiger partial charge in [0.25, 0.3) is 0 Å². The second kappa shape index (κ2) is 4.77. The highest BCUT2D eigenvalue weighted by atomic mass is 33.1. The quantitative estimate of drug-likeness (QED) is 0.591. The molecule has 68 valence electrons. The van der Waals surface area contributed by atoms with Gasteiger partial charge in [0.15, 0.2) is 0 Å². The Morgan fingerprint density at radius 1 is 1.08 bits per heavy atom. The molecule has 1 heterocycles. The zero-order valence-corrected chi connectivity index (χ0v) is 9.03. The molecule has 0 saturated heterocycles. The average Bonchev–Trinajstić information content (AvgIpc) is 2.28. The van der Waals surface area contributed by atoms with Crippen LogP contribution in [0.25, 0.3) is 6.08 Å². The van der Waals surface area contributed by atoms with Gasteiger partial charge < -0.3 is 0 Å². The fraction of sp³-hybridized carbons (Fsp3) is 0.273. The SMILES string of the molecule is C1=Cc2ccccc2CSSCC1. The maximum Gasteiger partial charge on any atom is 0.0294 e. The van der Waals surface area contributed by atoms with E-state index in [0.717, 1.165) is 5.75 Å². The Labute approximate surface area is 87.2 Å². The largest absolute Gasteiger partial charge is 0.0935 e. The van der Waals surface area contributed by atoms with Crippen LogP contribution < -0.4 is 0 Å². The first-order chi connectivity index (χ1) is 6.47. The standard InChI is InChI=1S/C11H12S2/c1-2-7-11-9-13-12-8-4-3-6-10(11)5-1/h1-3,5-7H,4,8-9H2. The summed E-state index contributed by atoms with van der Waals surface area (Å²) in [6.07, 6.45) is 5.71. The summed E-state index contributed by atoms with van der Waals surface area (Å²) in [6, 6.07) is 8.65. The van der Waals surface area contributed by atoms with Gasteiger partial charge in [0.2, 0.25) is 0 Å². The second-order valence-electron chi connectivity index (χ2n) is 2.97. The molecule has 0 saturated carbocycles. The van der Waals surface area contributed by atoms with Crippen molar-refractivity contribution < 1.29 is 0 Å². The summed E-state index contributed by atoms with van der Waals surface area (Å²) in [5, 5.41) is 0. The summed E-state index contributed by atoms with van der Waals surface area (Å²) in [4.78, 5) is 0.